The molecule has 0 aliphatic heterocycles. The van der Waals surface area contributed by atoms with Crippen LogP contribution in [0.25, 0.3) is 0 Å². The molecular formula is C10H18N2O. The number of allylic oxidation sites excluding steroid dienone is 1. The summed E-state index contributed by atoms with van der Waals surface area (Å²) in [6.07, 6.45) is 4.34. The predicted molar refractivity (Wildman–Crippen MR) is 53.1 cm³/mol. The highest BCUT2D eigenvalue weighted by Gasteiger charge is 2.23. The minimum Gasteiger partial charge on any atom is -0.378 e. The molecular weight excluding hydrogens is 164 g/mol. The van der Waals surface area contributed by atoms with E-state index >= 15 is 0 Å². The van der Waals surface area contributed by atoms with Crippen molar-refractivity contribution in [3.05, 3.63) is 11.8 Å². The maximum absolute atomic E-state index is 11.4. The van der Waals surface area contributed by atoms with Gasteiger partial charge >= 0.3 is 0 Å². The number of nitrogens with one attached hydrogen (secondary N) is 2. The lowest BCUT2D eigenvalue weighted by Gasteiger charge is -2.09. The number of likely N-dealkylation sites (N-methyl/N-ethyl adjacent to an activating group) is 1. The molecule has 0 saturated heterocycles. The first-order chi connectivity index (χ1) is 6.13. The third kappa shape index (κ3) is 3.49. The summed E-state index contributed by atoms with van der Waals surface area (Å²) in [6.45, 7) is 4.13. The van der Waals surface area contributed by atoms with Gasteiger partial charge in [-0.15, -0.1) is 0 Å². The summed E-state index contributed by atoms with van der Waals surface area (Å²) in [5.41, 5.74) is 0.722. The smallest absolute Gasteiger partial charge is 0.266 e. The third-order valence-electron chi connectivity index (χ3n) is 1.91. The molecule has 74 valence electrons. The van der Waals surface area contributed by atoms with E-state index in [2.05, 4.69) is 24.5 Å². The van der Waals surface area contributed by atoms with Crippen LogP contribution >= 0.6 is 0 Å². The van der Waals surface area contributed by atoms with Crippen molar-refractivity contribution in [2.45, 2.75) is 32.7 Å². The molecule has 1 aliphatic rings. The normalized spacial score (nSPS) is 17.4. The van der Waals surface area contributed by atoms with Crippen molar-refractivity contribution in [3.8, 4) is 0 Å². The fourth-order valence-electron chi connectivity index (χ4n) is 1.10. The predicted octanol–water partition coefficient (Wildman–Crippen LogP) is 1.02. The summed E-state index contributed by atoms with van der Waals surface area (Å²) in [7, 11) is 1.66. The lowest BCUT2D eigenvalue weighted by Crippen LogP contribution is -2.30. The Hall–Kier alpha value is -0.990. The summed E-state index contributed by atoms with van der Waals surface area (Å²) in [6, 6.07) is 0.530. The largest absolute Gasteiger partial charge is 0.378 e. The Bertz CT molecular complexity index is 217. The van der Waals surface area contributed by atoms with Gasteiger partial charge in [-0.2, -0.15) is 0 Å². The van der Waals surface area contributed by atoms with E-state index in [9.17, 15) is 4.79 Å². The van der Waals surface area contributed by atoms with Crippen LogP contribution in [0.3, 0.4) is 0 Å². The average molecular weight is 182 g/mol. The molecule has 0 atom stereocenters. The van der Waals surface area contributed by atoms with Gasteiger partial charge in [0.05, 0.1) is 5.70 Å². The summed E-state index contributed by atoms with van der Waals surface area (Å²) in [4.78, 5) is 11.4. The number of carbonyl (C=O) groups is 1. The van der Waals surface area contributed by atoms with Crippen molar-refractivity contribution >= 4 is 5.91 Å². The topological polar surface area (TPSA) is 41.1 Å². The van der Waals surface area contributed by atoms with Gasteiger partial charge in [-0.25, -0.2) is 0 Å². The molecule has 0 aromatic carbocycles. The van der Waals surface area contributed by atoms with E-state index in [4.69, 9.17) is 0 Å². The van der Waals surface area contributed by atoms with Crippen molar-refractivity contribution in [1.29, 1.82) is 0 Å². The van der Waals surface area contributed by atoms with Crippen molar-refractivity contribution in [2.24, 2.45) is 5.92 Å². The summed E-state index contributed by atoms with van der Waals surface area (Å²) >= 11 is 0. The zero-order valence-corrected chi connectivity index (χ0v) is 8.55. The fourth-order valence-corrected chi connectivity index (χ4v) is 1.10. The van der Waals surface area contributed by atoms with Gasteiger partial charge in [0, 0.05) is 13.1 Å². The van der Waals surface area contributed by atoms with E-state index in [1.807, 2.05) is 6.08 Å². The molecule has 0 aromatic heterocycles. The van der Waals surface area contributed by atoms with Gasteiger partial charge in [0.25, 0.3) is 5.91 Å². The molecule has 0 aromatic rings. The standard InChI is InChI=1S/C10H18N2O/c1-7(2)6-9(10(13)11-3)12-8-4-5-8/h6-8,12H,4-5H2,1-3H3,(H,11,13). The van der Waals surface area contributed by atoms with E-state index in [0.717, 1.165) is 5.70 Å². The highest BCUT2D eigenvalue weighted by molar-refractivity contribution is 5.92. The third-order valence-corrected chi connectivity index (χ3v) is 1.91. The molecule has 1 fully saturated rings. The Balaban J connectivity index is 2.56. The Morgan fingerprint density at radius 1 is 1.46 bits per heavy atom. The summed E-state index contributed by atoms with van der Waals surface area (Å²) < 4.78 is 0. The number of carbonyl (C=O) groups excluding carboxylic acids is 1. The molecule has 3 heteroatoms. The Morgan fingerprint density at radius 2 is 2.08 bits per heavy atom. The zero-order valence-electron chi connectivity index (χ0n) is 8.55. The zero-order chi connectivity index (χ0) is 9.84. The van der Waals surface area contributed by atoms with Crippen LogP contribution < -0.4 is 10.6 Å². The van der Waals surface area contributed by atoms with Crippen LogP contribution in [0.1, 0.15) is 26.7 Å². The maximum Gasteiger partial charge on any atom is 0.266 e. The molecule has 0 heterocycles. The second-order valence-corrected chi connectivity index (χ2v) is 3.82. The van der Waals surface area contributed by atoms with E-state index < -0.39 is 0 Å². The van der Waals surface area contributed by atoms with Crippen LogP contribution in [0.4, 0.5) is 0 Å². The summed E-state index contributed by atoms with van der Waals surface area (Å²) in [5, 5.41) is 5.86. The van der Waals surface area contributed by atoms with Crippen molar-refractivity contribution in [3.63, 3.8) is 0 Å². The maximum atomic E-state index is 11.4. The van der Waals surface area contributed by atoms with Crippen LogP contribution in [0.15, 0.2) is 11.8 Å². The molecule has 1 saturated carbocycles. The second-order valence-electron chi connectivity index (χ2n) is 3.82. The molecule has 3 nitrogen and oxygen atoms in total. The lowest BCUT2D eigenvalue weighted by molar-refractivity contribution is -0.117. The average Bonchev–Trinajstić information content (AvgIpc) is 2.85. The molecule has 1 amide bonds. The quantitative estimate of drug-likeness (QED) is 0.637. The Kier molecular flexibility index (Phi) is 3.34. The highest BCUT2D eigenvalue weighted by atomic mass is 16.1. The van der Waals surface area contributed by atoms with E-state index in [1.54, 1.807) is 7.05 Å². The first-order valence-corrected chi connectivity index (χ1v) is 4.84. The van der Waals surface area contributed by atoms with Crippen LogP contribution in [-0.4, -0.2) is 19.0 Å². The van der Waals surface area contributed by atoms with E-state index in [1.165, 1.54) is 12.8 Å². The SMILES string of the molecule is CNC(=O)C(=CC(C)C)NC1CC1. The minimum absolute atomic E-state index is 0.0133. The van der Waals surface area contributed by atoms with Crippen molar-refractivity contribution in [2.75, 3.05) is 7.05 Å². The highest BCUT2D eigenvalue weighted by Crippen LogP contribution is 2.20. The van der Waals surface area contributed by atoms with Gasteiger partial charge in [0.2, 0.25) is 0 Å². The van der Waals surface area contributed by atoms with Gasteiger partial charge in [-0.05, 0) is 18.8 Å². The summed E-state index contributed by atoms with van der Waals surface area (Å²) in [5.74, 6) is 0.388. The molecule has 0 radical (unpaired) electrons. The number of rotatable bonds is 4. The van der Waals surface area contributed by atoms with Gasteiger partial charge in [-0.1, -0.05) is 19.9 Å². The van der Waals surface area contributed by atoms with Gasteiger partial charge in [-0.3, -0.25) is 4.79 Å². The number of hydrogen-bond donors (Lipinski definition) is 2. The van der Waals surface area contributed by atoms with E-state index in [-0.39, 0.29) is 5.91 Å². The molecule has 1 aliphatic carbocycles. The number of amides is 1. The van der Waals surface area contributed by atoms with Crippen LogP contribution in [0.5, 0.6) is 0 Å². The van der Waals surface area contributed by atoms with E-state index in [0.29, 0.717) is 12.0 Å². The molecule has 2 N–H and O–H groups in total. The first kappa shape index (κ1) is 10.1. The minimum atomic E-state index is -0.0133. The second kappa shape index (κ2) is 4.30. The Morgan fingerprint density at radius 3 is 2.46 bits per heavy atom. The lowest BCUT2D eigenvalue weighted by atomic mass is 10.2. The molecule has 0 unspecified atom stereocenters. The van der Waals surface area contributed by atoms with Gasteiger partial charge in [0.1, 0.15) is 0 Å². The fraction of sp³-hybridized carbons (Fsp3) is 0.700. The van der Waals surface area contributed by atoms with Crippen molar-refractivity contribution in [1.82, 2.24) is 10.6 Å². The molecule has 0 bridgehead atoms. The van der Waals surface area contributed by atoms with Crippen LogP contribution in [0, 0.1) is 5.92 Å². The monoisotopic (exact) mass is 182 g/mol. The molecule has 13 heavy (non-hydrogen) atoms. The first-order valence-electron chi connectivity index (χ1n) is 4.84. The van der Waals surface area contributed by atoms with Gasteiger partial charge < -0.3 is 10.6 Å². The van der Waals surface area contributed by atoms with Crippen molar-refractivity contribution < 1.29 is 4.79 Å². The molecule has 0 spiro atoms. The van der Waals surface area contributed by atoms with Crippen LogP contribution in [0.2, 0.25) is 0 Å². The van der Waals surface area contributed by atoms with Gasteiger partial charge in [0.15, 0.2) is 0 Å². The Labute approximate surface area is 79.6 Å². The van der Waals surface area contributed by atoms with Crippen LogP contribution in [-0.2, 0) is 4.79 Å². The number of hydrogen-bond acceptors (Lipinski definition) is 2. The molecule has 1 rings (SSSR count).